The highest BCUT2D eigenvalue weighted by atomic mass is 32.2. The third-order valence-electron chi connectivity index (χ3n) is 2.26. The second-order valence-corrected chi connectivity index (χ2v) is 4.94. The number of rotatable bonds is 4. The van der Waals surface area contributed by atoms with Crippen LogP contribution in [0, 0.1) is 0 Å². The minimum atomic E-state index is -4.26. The van der Waals surface area contributed by atoms with E-state index in [-0.39, 0.29) is 12.2 Å². The molecule has 0 saturated carbocycles. The van der Waals surface area contributed by atoms with E-state index in [4.69, 9.17) is 4.55 Å². The van der Waals surface area contributed by atoms with Gasteiger partial charge in [-0.25, -0.2) is 4.98 Å². The lowest BCUT2D eigenvalue weighted by molar-refractivity contribution is 0.152. The number of aliphatic hydroxyl groups is 1. The first-order chi connectivity index (χ1) is 6.88. The standard InChI is InChI=1S/C8H14N2O4S/c1-3-6(15(12,13)14)7(11)8-9-4-5-10(8)2/h4-7,11H,3H2,1-2H3,(H,12,13,14). The van der Waals surface area contributed by atoms with Crippen molar-refractivity contribution in [1.29, 1.82) is 0 Å². The van der Waals surface area contributed by atoms with Gasteiger partial charge in [0.1, 0.15) is 17.2 Å². The highest BCUT2D eigenvalue weighted by Gasteiger charge is 2.32. The molecule has 2 N–H and O–H groups in total. The number of hydrogen-bond acceptors (Lipinski definition) is 4. The van der Waals surface area contributed by atoms with Crippen molar-refractivity contribution in [3.8, 4) is 0 Å². The summed E-state index contributed by atoms with van der Waals surface area (Å²) in [6, 6.07) is 0. The van der Waals surface area contributed by atoms with E-state index in [2.05, 4.69) is 4.98 Å². The number of hydrogen-bond donors (Lipinski definition) is 2. The summed E-state index contributed by atoms with van der Waals surface area (Å²) in [5.41, 5.74) is 0. The van der Waals surface area contributed by atoms with Crippen LogP contribution >= 0.6 is 0 Å². The zero-order chi connectivity index (χ0) is 11.6. The van der Waals surface area contributed by atoms with E-state index in [1.54, 1.807) is 20.2 Å². The molecule has 0 aliphatic heterocycles. The lowest BCUT2D eigenvalue weighted by Crippen LogP contribution is -2.29. The van der Waals surface area contributed by atoms with Gasteiger partial charge in [0.2, 0.25) is 0 Å². The van der Waals surface area contributed by atoms with Gasteiger partial charge in [-0.1, -0.05) is 6.92 Å². The van der Waals surface area contributed by atoms with Gasteiger partial charge in [0.05, 0.1) is 0 Å². The molecule has 0 fully saturated rings. The van der Waals surface area contributed by atoms with Crippen LogP contribution in [0.4, 0.5) is 0 Å². The number of aryl methyl sites for hydroxylation is 1. The zero-order valence-corrected chi connectivity index (χ0v) is 9.35. The van der Waals surface area contributed by atoms with Crippen LogP contribution in [0.2, 0.25) is 0 Å². The summed E-state index contributed by atoms with van der Waals surface area (Å²) in [7, 11) is -2.62. The molecule has 2 atom stereocenters. The minimum absolute atomic E-state index is 0.118. The lowest BCUT2D eigenvalue weighted by Gasteiger charge is -2.18. The van der Waals surface area contributed by atoms with Crippen molar-refractivity contribution in [2.45, 2.75) is 24.7 Å². The molecule has 1 heterocycles. The van der Waals surface area contributed by atoms with Gasteiger partial charge in [0, 0.05) is 19.4 Å². The summed E-state index contributed by atoms with van der Waals surface area (Å²) in [6.07, 6.45) is 1.85. The summed E-state index contributed by atoms with van der Waals surface area (Å²) in [4.78, 5) is 3.84. The molecule has 0 radical (unpaired) electrons. The Balaban J connectivity index is 3.03. The van der Waals surface area contributed by atoms with Crippen molar-refractivity contribution in [3.63, 3.8) is 0 Å². The van der Waals surface area contributed by atoms with Crippen LogP contribution in [0.1, 0.15) is 25.3 Å². The Morgan fingerprint density at radius 2 is 2.20 bits per heavy atom. The van der Waals surface area contributed by atoms with Crippen molar-refractivity contribution in [2.24, 2.45) is 7.05 Å². The van der Waals surface area contributed by atoms with E-state index in [1.807, 2.05) is 0 Å². The van der Waals surface area contributed by atoms with Crippen molar-refractivity contribution in [3.05, 3.63) is 18.2 Å². The summed E-state index contributed by atoms with van der Waals surface area (Å²) >= 11 is 0. The highest BCUT2D eigenvalue weighted by Crippen LogP contribution is 2.22. The van der Waals surface area contributed by atoms with Crippen LogP contribution in [-0.2, 0) is 17.2 Å². The fourth-order valence-electron chi connectivity index (χ4n) is 1.43. The number of nitrogens with zero attached hydrogens (tertiary/aromatic N) is 2. The molecule has 0 spiro atoms. The Bertz CT molecular complexity index is 426. The van der Waals surface area contributed by atoms with Crippen molar-refractivity contribution in [1.82, 2.24) is 9.55 Å². The van der Waals surface area contributed by atoms with Crippen molar-refractivity contribution < 1.29 is 18.1 Å². The molecule has 0 aromatic carbocycles. The van der Waals surface area contributed by atoms with Gasteiger partial charge in [0.15, 0.2) is 0 Å². The highest BCUT2D eigenvalue weighted by molar-refractivity contribution is 7.86. The van der Waals surface area contributed by atoms with Crippen molar-refractivity contribution >= 4 is 10.1 Å². The predicted molar refractivity (Wildman–Crippen MR) is 53.8 cm³/mol. The molecular weight excluding hydrogens is 220 g/mol. The molecule has 1 aromatic heterocycles. The van der Waals surface area contributed by atoms with E-state index in [9.17, 15) is 13.5 Å². The Kier molecular flexibility index (Phi) is 3.48. The maximum Gasteiger partial charge on any atom is 0.270 e. The maximum atomic E-state index is 11.0. The maximum absolute atomic E-state index is 11.0. The molecule has 6 nitrogen and oxygen atoms in total. The lowest BCUT2D eigenvalue weighted by atomic mass is 10.2. The summed E-state index contributed by atoms with van der Waals surface area (Å²) in [5, 5.41) is 8.53. The monoisotopic (exact) mass is 234 g/mol. The summed E-state index contributed by atoms with van der Waals surface area (Å²) < 4.78 is 32.4. The molecule has 15 heavy (non-hydrogen) atoms. The predicted octanol–water partition coefficient (Wildman–Crippen LogP) is 0.120. The molecule has 0 aliphatic carbocycles. The molecule has 0 saturated heterocycles. The van der Waals surface area contributed by atoms with Crippen LogP contribution < -0.4 is 0 Å². The second-order valence-electron chi connectivity index (χ2n) is 3.30. The topological polar surface area (TPSA) is 92.4 Å². The van der Waals surface area contributed by atoms with Gasteiger partial charge >= 0.3 is 0 Å². The van der Waals surface area contributed by atoms with E-state index in [0.29, 0.717) is 0 Å². The van der Waals surface area contributed by atoms with Gasteiger partial charge in [-0.05, 0) is 6.42 Å². The minimum Gasteiger partial charge on any atom is -0.384 e. The van der Waals surface area contributed by atoms with Gasteiger partial charge in [-0.15, -0.1) is 0 Å². The Hall–Kier alpha value is -0.920. The Morgan fingerprint density at radius 3 is 2.53 bits per heavy atom. The molecule has 0 amide bonds. The molecule has 2 unspecified atom stereocenters. The van der Waals surface area contributed by atoms with Crippen LogP contribution in [0.5, 0.6) is 0 Å². The average molecular weight is 234 g/mol. The van der Waals surface area contributed by atoms with Gasteiger partial charge in [-0.2, -0.15) is 8.42 Å². The van der Waals surface area contributed by atoms with E-state index in [1.165, 1.54) is 10.8 Å². The third kappa shape index (κ3) is 2.55. The van der Waals surface area contributed by atoms with E-state index < -0.39 is 21.5 Å². The van der Waals surface area contributed by atoms with Gasteiger partial charge < -0.3 is 9.67 Å². The third-order valence-corrected chi connectivity index (χ3v) is 3.62. The zero-order valence-electron chi connectivity index (χ0n) is 8.53. The fourth-order valence-corrected chi connectivity index (χ4v) is 2.29. The van der Waals surface area contributed by atoms with Crippen LogP contribution in [0.15, 0.2) is 12.4 Å². The van der Waals surface area contributed by atoms with Gasteiger partial charge in [-0.3, -0.25) is 4.55 Å². The van der Waals surface area contributed by atoms with Crippen LogP contribution in [-0.4, -0.2) is 32.9 Å². The summed E-state index contributed by atoms with van der Waals surface area (Å²) in [6.45, 7) is 1.57. The van der Waals surface area contributed by atoms with Crippen LogP contribution in [0.3, 0.4) is 0 Å². The molecule has 86 valence electrons. The Morgan fingerprint density at radius 1 is 1.60 bits per heavy atom. The molecule has 0 bridgehead atoms. The summed E-state index contributed by atoms with van der Waals surface area (Å²) in [5.74, 6) is 0.222. The molecule has 1 rings (SSSR count). The first kappa shape index (κ1) is 12.2. The number of aromatic nitrogens is 2. The molecule has 0 aliphatic rings. The van der Waals surface area contributed by atoms with E-state index >= 15 is 0 Å². The quantitative estimate of drug-likeness (QED) is 0.722. The molecule has 1 aromatic rings. The number of imidazole rings is 1. The Labute approximate surface area is 88.3 Å². The molecular formula is C8H14N2O4S. The fraction of sp³-hybridized carbons (Fsp3) is 0.625. The van der Waals surface area contributed by atoms with Crippen LogP contribution in [0.25, 0.3) is 0 Å². The second kappa shape index (κ2) is 4.30. The normalized spacial score (nSPS) is 16.3. The van der Waals surface area contributed by atoms with Gasteiger partial charge in [0.25, 0.3) is 10.1 Å². The number of aliphatic hydroxyl groups excluding tert-OH is 1. The largest absolute Gasteiger partial charge is 0.384 e. The van der Waals surface area contributed by atoms with Crippen molar-refractivity contribution in [2.75, 3.05) is 0 Å². The smallest absolute Gasteiger partial charge is 0.270 e. The average Bonchev–Trinajstić information content (AvgIpc) is 2.49. The SMILES string of the molecule is CCC(C(O)c1nccn1C)S(=O)(=O)O. The first-order valence-electron chi connectivity index (χ1n) is 4.49. The first-order valence-corrected chi connectivity index (χ1v) is 5.99. The van der Waals surface area contributed by atoms with E-state index in [0.717, 1.165) is 0 Å². The molecule has 7 heteroatoms.